The molecule has 0 aromatic carbocycles. The van der Waals surface area contributed by atoms with Gasteiger partial charge in [-0.05, 0) is 38.7 Å². The maximum absolute atomic E-state index is 11.3. The minimum absolute atomic E-state index is 0.161. The van der Waals surface area contributed by atoms with Crippen LogP contribution in [0.4, 0.5) is 0 Å². The van der Waals surface area contributed by atoms with Gasteiger partial charge in [-0.1, -0.05) is 6.92 Å². The summed E-state index contributed by atoms with van der Waals surface area (Å²) in [6.07, 6.45) is 4.90. The van der Waals surface area contributed by atoms with E-state index >= 15 is 0 Å². The molecule has 0 radical (unpaired) electrons. The van der Waals surface area contributed by atoms with E-state index in [1.807, 2.05) is 13.8 Å². The third-order valence-electron chi connectivity index (χ3n) is 2.65. The van der Waals surface area contributed by atoms with Gasteiger partial charge in [0.05, 0.1) is 17.6 Å². The number of hydrogen-bond acceptors (Lipinski definition) is 2. The van der Waals surface area contributed by atoms with E-state index in [1.54, 1.807) is 6.26 Å². The Bertz CT molecular complexity index is 244. The van der Waals surface area contributed by atoms with Gasteiger partial charge in [-0.2, -0.15) is 0 Å². The quantitative estimate of drug-likeness (QED) is 0.387. The second kappa shape index (κ2) is 4.96. The van der Waals surface area contributed by atoms with Crippen LogP contribution in [0.5, 0.6) is 0 Å². The number of allylic oxidation sites excluding steroid dienone is 1. The first kappa shape index (κ1) is 11.8. The summed E-state index contributed by atoms with van der Waals surface area (Å²) < 4.78 is 16.8. The van der Waals surface area contributed by atoms with Crippen LogP contribution in [-0.4, -0.2) is 21.3 Å². The van der Waals surface area contributed by atoms with E-state index < -0.39 is 10.8 Å². The Morgan fingerprint density at radius 2 is 2.21 bits per heavy atom. The Labute approximate surface area is 89.2 Å². The Morgan fingerprint density at radius 3 is 2.64 bits per heavy atom. The highest BCUT2D eigenvalue weighted by molar-refractivity contribution is 7.94. The molecule has 0 bridgehead atoms. The van der Waals surface area contributed by atoms with Crippen LogP contribution in [0.15, 0.2) is 11.8 Å². The molecule has 1 heterocycles. The van der Waals surface area contributed by atoms with Gasteiger partial charge in [-0.15, -0.1) is 0 Å². The fraction of sp³-hybridized carbons (Fsp3) is 0.818. The van der Waals surface area contributed by atoms with Crippen molar-refractivity contribution in [2.24, 2.45) is 0 Å². The molecule has 82 valence electrons. The molecule has 1 saturated heterocycles. The zero-order chi connectivity index (χ0) is 10.6. The van der Waals surface area contributed by atoms with Crippen LogP contribution in [0.25, 0.3) is 0 Å². The number of ether oxygens (including phenoxy) is 1. The van der Waals surface area contributed by atoms with Gasteiger partial charge in [0, 0.05) is 16.6 Å². The van der Waals surface area contributed by atoms with Crippen molar-refractivity contribution in [2.45, 2.75) is 44.8 Å². The van der Waals surface area contributed by atoms with Crippen molar-refractivity contribution < 1.29 is 8.95 Å². The van der Waals surface area contributed by atoms with E-state index in [0.29, 0.717) is 0 Å². The largest absolute Gasteiger partial charge is 0.501 e. The van der Waals surface area contributed by atoms with Crippen molar-refractivity contribution in [3.63, 3.8) is 0 Å². The van der Waals surface area contributed by atoms with Gasteiger partial charge in [0.25, 0.3) is 0 Å². The molecule has 3 heteroatoms. The van der Waals surface area contributed by atoms with E-state index in [4.69, 9.17) is 4.74 Å². The molecular formula is C11H20O2S. The Kier molecular flexibility index (Phi) is 4.17. The summed E-state index contributed by atoms with van der Waals surface area (Å²) >= 11 is 0. The summed E-state index contributed by atoms with van der Waals surface area (Å²) in [5.74, 6) is 0.909. The van der Waals surface area contributed by atoms with Crippen LogP contribution in [0.1, 0.15) is 40.0 Å². The van der Waals surface area contributed by atoms with Crippen molar-refractivity contribution in [1.82, 2.24) is 0 Å². The lowest BCUT2D eigenvalue weighted by atomic mass is 10.0. The van der Waals surface area contributed by atoms with Crippen molar-refractivity contribution in [2.75, 3.05) is 12.4 Å². The molecule has 0 saturated carbocycles. The van der Waals surface area contributed by atoms with E-state index in [9.17, 15) is 4.21 Å². The molecule has 0 aromatic heterocycles. The number of hydrogen-bond donors (Lipinski definition) is 0. The van der Waals surface area contributed by atoms with Crippen LogP contribution < -0.4 is 0 Å². The van der Waals surface area contributed by atoms with Crippen molar-refractivity contribution in [3.05, 3.63) is 11.8 Å². The van der Waals surface area contributed by atoms with E-state index in [0.717, 1.165) is 31.6 Å². The molecule has 14 heavy (non-hydrogen) atoms. The van der Waals surface area contributed by atoms with Crippen LogP contribution in [-0.2, 0) is 15.5 Å². The van der Waals surface area contributed by atoms with Crippen LogP contribution >= 0.6 is 0 Å². The van der Waals surface area contributed by atoms with Gasteiger partial charge < -0.3 is 4.74 Å². The summed E-state index contributed by atoms with van der Waals surface area (Å²) in [5, 5.41) is 0. The molecule has 1 fully saturated rings. The zero-order valence-corrected chi connectivity index (χ0v) is 10.2. The third-order valence-corrected chi connectivity index (χ3v) is 4.72. The monoisotopic (exact) mass is 216 g/mol. The van der Waals surface area contributed by atoms with Gasteiger partial charge in [0.1, 0.15) is 0 Å². The molecule has 0 N–H and O–H groups in total. The molecule has 0 aliphatic carbocycles. The number of rotatable bonds is 6. The highest BCUT2D eigenvalue weighted by Gasteiger charge is 2.49. The van der Waals surface area contributed by atoms with Crippen molar-refractivity contribution in [1.29, 1.82) is 0 Å². The lowest BCUT2D eigenvalue weighted by molar-refractivity contribution is 0.236. The van der Waals surface area contributed by atoms with Gasteiger partial charge in [0.15, 0.2) is 0 Å². The first-order valence-electron chi connectivity index (χ1n) is 5.24. The molecule has 1 aliphatic rings. The van der Waals surface area contributed by atoms with Gasteiger partial charge in [0.2, 0.25) is 0 Å². The Balaban J connectivity index is 2.10. The standard InChI is InChI=1S/C11H20O2S/c1-4-11(9-14(11)12)6-5-7-13-8-10(2)3/h8H,4-7,9H2,1-3H3. The lowest BCUT2D eigenvalue weighted by Gasteiger charge is -2.08. The molecule has 0 amide bonds. The van der Waals surface area contributed by atoms with Crippen LogP contribution in [0.2, 0.25) is 0 Å². The smallest absolute Gasteiger partial charge is 0.0873 e. The molecule has 2 nitrogen and oxygen atoms in total. The van der Waals surface area contributed by atoms with E-state index in [1.165, 1.54) is 5.57 Å². The van der Waals surface area contributed by atoms with Crippen LogP contribution in [0.3, 0.4) is 0 Å². The topological polar surface area (TPSA) is 26.3 Å². The molecule has 1 aliphatic heterocycles. The fourth-order valence-electron chi connectivity index (χ4n) is 1.54. The average molecular weight is 216 g/mol. The molecule has 0 spiro atoms. The molecule has 0 aromatic rings. The molecule has 2 atom stereocenters. The molecule has 1 rings (SSSR count). The minimum atomic E-state index is -0.543. The van der Waals surface area contributed by atoms with Crippen molar-refractivity contribution in [3.8, 4) is 0 Å². The first-order chi connectivity index (χ1) is 6.60. The van der Waals surface area contributed by atoms with Gasteiger partial charge in [-0.25, -0.2) is 0 Å². The van der Waals surface area contributed by atoms with Crippen molar-refractivity contribution >= 4 is 10.8 Å². The van der Waals surface area contributed by atoms with Gasteiger partial charge >= 0.3 is 0 Å². The Hall–Kier alpha value is -0.310. The second-order valence-corrected chi connectivity index (χ2v) is 6.04. The highest BCUT2D eigenvalue weighted by Crippen LogP contribution is 2.39. The molecular weight excluding hydrogens is 196 g/mol. The lowest BCUT2D eigenvalue weighted by Crippen LogP contribution is -2.10. The van der Waals surface area contributed by atoms with Crippen LogP contribution in [0, 0.1) is 0 Å². The Morgan fingerprint density at radius 1 is 1.57 bits per heavy atom. The first-order valence-corrected chi connectivity index (χ1v) is 6.56. The predicted octanol–water partition coefficient (Wildman–Crippen LogP) is 2.62. The summed E-state index contributed by atoms with van der Waals surface area (Å²) in [7, 11) is -0.543. The molecule has 2 unspecified atom stereocenters. The average Bonchev–Trinajstić information content (AvgIpc) is 2.77. The SMILES string of the molecule is CCC1(CCCOC=C(C)C)CS1=O. The fourth-order valence-corrected chi connectivity index (χ4v) is 3.14. The third kappa shape index (κ3) is 3.12. The maximum atomic E-state index is 11.3. The summed E-state index contributed by atoms with van der Waals surface area (Å²) in [6, 6.07) is 0. The maximum Gasteiger partial charge on any atom is 0.0873 e. The normalized spacial score (nSPS) is 29.8. The summed E-state index contributed by atoms with van der Waals surface area (Å²) in [6.45, 7) is 6.92. The second-order valence-electron chi connectivity index (χ2n) is 4.20. The predicted molar refractivity (Wildman–Crippen MR) is 60.6 cm³/mol. The van der Waals surface area contributed by atoms with Gasteiger partial charge in [-0.3, -0.25) is 4.21 Å². The van der Waals surface area contributed by atoms with E-state index in [2.05, 4.69) is 6.92 Å². The summed E-state index contributed by atoms with van der Waals surface area (Å²) in [4.78, 5) is 0. The highest BCUT2D eigenvalue weighted by atomic mass is 32.2. The van der Waals surface area contributed by atoms with E-state index in [-0.39, 0.29) is 4.75 Å². The zero-order valence-electron chi connectivity index (χ0n) is 9.34. The minimum Gasteiger partial charge on any atom is -0.501 e. The summed E-state index contributed by atoms with van der Waals surface area (Å²) in [5.41, 5.74) is 1.19.